The number of hydrogen-bond acceptors (Lipinski definition) is 4. The third-order valence-electron chi connectivity index (χ3n) is 4.54. The molecule has 1 atom stereocenters. The molecule has 1 amide bonds. The van der Waals surface area contributed by atoms with E-state index in [0.717, 1.165) is 30.7 Å². The average molecular weight is 391 g/mol. The molecule has 0 aromatic heterocycles. The van der Waals surface area contributed by atoms with Crippen LogP contribution in [0.2, 0.25) is 0 Å². The second kappa shape index (κ2) is 10.8. The van der Waals surface area contributed by atoms with Gasteiger partial charge in [-0.1, -0.05) is 30.3 Å². The number of halogens is 1. The van der Waals surface area contributed by atoms with Crippen LogP contribution in [0.3, 0.4) is 0 Å². The van der Waals surface area contributed by atoms with Crippen molar-refractivity contribution in [1.29, 1.82) is 0 Å². The molecule has 1 aliphatic heterocycles. The summed E-state index contributed by atoms with van der Waals surface area (Å²) in [5.41, 5.74) is 8.33. The molecule has 27 heavy (non-hydrogen) atoms. The first-order chi connectivity index (χ1) is 12.7. The number of ether oxygens (including phenoxy) is 2. The van der Waals surface area contributed by atoms with Crippen molar-refractivity contribution in [3.05, 3.63) is 54.1 Å². The van der Waals surface area contributed by atoms with Crippen LogP contribution in [0.5, 0.6) is 5.75 Å². The number of carbonyl (C=O) groups is 1. The Bertz CT molecular complexity index is 733. The van der Waals surface area contributed by atoms with Crippen LogP contribution in [-0.2, 0) is 16.0 Å². The Labute approximate surface area is 166 Å². The molecule has 0 bridgehead atoms. The van der Waals surface area contributed by atoms with Crippen LogP contribution < -0.4 is 15.8 Å². The van der Waals surface area contributed by atoms with Gasteiger partial charge in [0, 0.05) is 18.7 Å². The lowest BCUT2D eigenvalue weighted by molar-refractivity contribution is -0.116. The minimum Gasteiger partial charge on any atom is -0.489 e. The van der Waals surface area contributed by atoms with Gasteiger partial charge in [-0.3, -0.25) is 4.79 Å². The zero-order chi connectivity index (χ0) is 18.2. The summed E-state index contributed by atoms with van der Waals surface area (Å²) in [6.45, 7) is 1.31. The van der Waals surface area contributed by atoms with Crippen LogP contribution in [0.1, 0.15) is 31.2 Å². The van der Waals surface area contributed by atoms with Crippen LogP contribution in [0, 0.1) is 0 Å². The SMILES string of the molecule is Cl.Nc1ccccc1CCC(=O)Nc1ccccc1OCC1CCCCO1. The summed E-state index contributed by atoms with van der Waals surface area (Å²) in [4.78, 5) is 12.3. The topological polar surface area (TPSA) is 73.6 Å². The first kappa shape index (κ1) is 21.1. The van der Waals surface area contributed by atoms with E-state index in [-0.39, 0.29) is 24.4 Å². The molecule has 2 aromatic rings. The lowest BCUT2D eigenvalue weighted by Gasteiger charge is -2.23. The number of nitrogens with one attached hydrogen (secondary N) is 1. The van der Waals surface area contributed by atoms with Crippen LogP contribution in [-0.4, -0.2) is 25.2 Å². The average Bonchev–Trinajstić information content (AvgIpc) is 2.67. The van der Waals surface area contributed by atoms with Gasteiger partial charge >= 0.3 is 0 Å². The predicted octanol–water partition coefficient (Wildman–Crippen LogP) is 4.21. The fourth-order valence-electron chi connectivity index (χ4n) is 3.04. The van der Waals surface area contributed by atoms with Crippen LogP contribution in [0.15, 0.2) is 48.5 Å². The molecular formula is C21H27ClN2O3. The highest BCUT2D eigenvalue weighted by Gasteiger charge is 2.16. The lowest BCUT2D eigenvalue weighted by atomic mass is 10.1. The first-order valence-corrected chi connectivity index (χ1v) is 9.19. The van der Waals surface area contributed by atoms with Crippen molar-refractivity contribution in [2.24, 2.45) is 0 Å². The number of benzene rings is 2. The van der Waals surface area contributed by atoms with Crippen molar-refractivity contribution >= 4 is 29.7 Å². The standard InChI is InChI=1S/C21H26N2O3.ClH/c22-18-9-2-1-7-16(18)12-13-21(24)23-19-10-3-4-11-20(19)26-15-17-8-5-6-14-25-17;/h1-4,7,9-11,17H,5-6,8,12-15,22H2,(H,23,24);1H. The Balaban J connectivity index is 0.00000261. The molecule has 5 nitrogen and oxygen atoms in total. The number of nitrogens with two attached hydrogens (primary N) is 1. The van der Waals surface area contributed by atoms with E-state index >= 15 is 0 Å². The van der Waals surface area contributed by atoms with E-state index in [2.05, 4.69) is 5.32 Å². The van der Waals surface area contributed by atoms with Gasteiger partial charge in [0.05, 0.1) is 11.8 Å². The van der Waals surface area contributed by atoms with E-state index in [1.54, 1.807) is 0 Å². The van der Waals surface area contributed by atoms with Gasteiger partial charge < -0.3 is 20.5 Å². The fraction of sp³-hybridized carbons (Fsp3) is 0.381. The molecule has 1 fully saturated rings. The van der Waals surface area contributed by atoms with Crippen molar-refractivity contribution in [1.82, 2.24) is 0 Å². The number of aryl methyl sites for hydroxylation is 1. The molecular weight excluding hydrogens is 364 g/mol. The monoisotopic (exact) mass is 390 g/mol. The van der Waals surface area contributed by atoms with Gasteiger partial charge in [-0.15, -0.1) is 12.4 Å². The molecule has 0 aliphatic carbocycles. The van der Waals surface area contributed by atoms with E-state index in [1.807, 2.05) is 48.5 Å². The van der Waals surface area contributed by atoms with Gasteiger partial charge in [0.1, 0.15) is 12.4 Å². The molecule has 2 aromatic carbocycles. The smallest absolute Gasteiger partial charge is 0.224 e. The number of carbonyl (C=O) groups excluding carboxylic acids is 1. The van der Waals surface area contributed by atoms with Gasteiger partial charge in [0.15, 0.2) is 0 Å². The van der Waals surface area contributed by atoms with Gasteiger partial charge in [-0.05, 0) is 49.4 Å². The minimum atomic E-state index is -0.0572. The van der Waals surface area contributed by atoms with E-state index in [1.165, 1.54) is 6.42 Å². The maximum Gasteiger partial charge on any atom is 0.224 e. The molecule has 6 heteroatoms. The lowest BCUT2D eigenvalue weighted by Crippen LogP contribution is -2.26. The molecule has 1 saturated heterocycles. The highest BCUT2D eigenvalue weighted by Crippen LogP contribution is 2.25. The molecule has 146 valence electrons. The molecule has 0 spiro atoms. The molecule has 3 N–H and O–H groups in total. The molecule has 0 radical (unpaired) electrons. The Morgan fingerprint density at radius 1 is 1.15 bits per heavy atom. The largest absolute Gasteiger partial charge is 0.489 e. The number of para-hydroxylation sites is 3. The number of amides is 1. The fourth-order valence-corrected chi connectivity index (χ4v) is 3.04. The Morgan fingerprint density at radius 3 is 2.70 bits per heavy atom. The zero-order valence-electron chi connectivity index (χ0n) is 15.4. The number of nitrogen functional groups attached to an aromatic ring is 1. The van der Waals surface area contributed by atoms with Gasteiger partial charge in [-0.25, -0.2) is 0 Å². The number of rotatable bonds is 7. The van der Waals surface area contributed by atoms with Crippen molar-refractivity contribution in [3.63, 3.8) is 0 Å². The summed E-state index contributed by atoms with van der Waals surface area (Å²) in [5, 5.41) is 2.94. The van der Waals surface area contributed by atoms with E-state index in [4.69, 9.17) is 15.2 Å². The van der Waals surface area contributed by atoms with Crippen LogP contribution in [0.25, 0.3) is 0 Å². The van der Waals surface area contributed by atoms with Crippen LogP contribution in [0.4, 0.5) is 11.4 Å². The quantitative estimate of drug-likeness (QED) is 0.694. The van der Waals surface area contributed by atoms with Gasteiger partial charge in [0.25, 0.3) is 0 Å². The van der Waals surface area contributed by atoms with E-state index in [0.29, 0.717) is 30.9 Å². The molecule has 3 rings (SSSR count). The second-order valence-corrected chi connectivity index (χ2v) is 6.54. The molecule has 0 saturated carbocycles. The maximum absolute atomic E-state index is 12.3. The third-order valence-corrected chi connectivity index (χ3v) is 4.54. The summed E-state index contributed by atoms with van der Waals surface area (Å²) < 4.78 is 11.6. The summed E-state index contributed by atoms with van der Waals surface area (Å²) in [7, 11) is 0. The normalized spacial score (nSPS) is 16.2. The maximum atomic E-state index is 12.3. The van der Waals surface area contributed by atoms with Crippen molar-refractivity contribution in [3.8, 4) is 5.75 Å². The molecule has 1 aliphatic rings. The summed E-state index contributed by atoms with van der Waals surface area (Å²) in [6, 6.07) is 15.1. The minimum absolute atomic E-state index is 0. The highest BCUT2D eigenvalue weighted by atomic mass is 35.5. The number of anilines is 2. The highest BCUT2D eigenvalue weighted by molar-refractivity contribution is 5.92. The Hall–Kier alpha value is -2.24. The van der Waals surface area contributed by atoms with Crippen molar-refractivity contribution < 1.29 is 14.3 Å². The zero-order valence-corrected chi connectivity index (χ0v) is 16.2. The Morgan fingerprint density at radius 2 is 1.93 bits per heavy atom. The van der Waals surface area contributed by atoms with Gasteiger partial charge in [0.2, 0.25) is 5.91 Å². The number of hydrogen-bond donors (Lipinski definition) is 2. The predicted molar refractivity (Wildman–Crippen MR) is 111 cm³/mol. The van der Waals surface area contributed by atoms with Crippen molar-refractivity contribution in [2.45, 2.75) is 38.2 Å². The second-order valence-electron chi connectivity index (χ2n) is 6.54. The van der Waals surface area contributed by atoms with Crippen molar-refractivity contribution in [2.75, 3.05) is 24.3 Å². The Kier molecular flexibility index (Phi) is 8.43. The summed E-state index contributed by atoms with van der Waals surface area (Å²) in [5.74, 6) is 0.618. The van der Waals surface area contributed by atoms with Gasteiger partial charge in [-0.2, -0.15) is 0 Å². The first-order valence-electron chi connectivity index (χ1n) is 9.19. The molecule has 1 unspecified atom stereocenters. The summed E-state index contributed by atoms with van der Waals surface area (Å²) >= 11 is 0. The van der Waals surface area contributed by atoms with Crippen LogP contribution >= 0.6 is 12.4 Å². The summed E-state index contributed by atoms with van der Waals surface area (Å²) in [6.07, 6.45) is 4.43. The third kappa shape index (κ3) is 6.45. The molecule has 1 heterocycles. The van der Waals surface area contributed by atoms with E-state index < -0.39 is 0 Å². The van der Waals surface area contributed by atoms with E-state index in [9.17, 15) is 4.79 Å².